The van der Waals surface area contributed by atoms with Gasteiger partial charge in [0.15, 0.2) is 5.78 Å². The number of rotatable bonds is 6. The highest BCUT2D eigenvalue weighted by Crippen LogP contribution is 2.49. The molecular formula is C25H30N2O4. The maximum Gasteiger partial charge on any atom is 0.338 e. The number of nitrogens with zero attached hydrogens (tertiary/aromatic N) is 2. The van der Waals surface area contributed by atoms with Gasteiger partial charge in [-0.25, -0.2) is 4.79 Å². The second kappa shape index (κ2) is 7.90. The Kier molecular flexibility index (Phi) is 5.21. The molecule has 1 saturated carbocycles. The van der Waals surface area contributed by atoms with Gasteiger partial charge in [-0.15, -0.1) is 0 Å². The summed E-state index contributed by atoms with van der Waals surface area (Å²) >= 11 is 0. The van der Waals surface area contributed by atoms with Gasteiger partial charge in [-0.05, 0) is 56.1 Å². The Balaban J connectivity index is 1.35. The third kappa shape index (κ3) is 3.93. The second-order valence-corrected chi connectivity index (χ2v) is 9.61. The first-order chi connectivity index (χ1) is 15.0. The van der Waals surface area contributed by atoms with Crippen molar-refractivity contribution in [2.75, 3.05) is 19.8 Å². The summed E-state index contributed by atoms with van der Waals surface area (Å²) in [5.74, 6) is -0.0356. The van der Waals surface area contributed by atoms with Crippen LogP contribution in [0.15, 0.2) is 30.3 Å². The number of hydrogen-bond donors (Lipinski definition) is 0. The molecule has 1 aliphatic heterocycles. The molecule has 0 bridgehead atoms. The smallest absolute Gasteiger partial charge is 0.338 e. The first kappa shape index (κ1) is 20.4. The topological polar surface area (TPSA) is 70.4 Å². The van der Waals surface area contributed by atoms with E-state index in [9.17, 15) is 9.59 Å². The number of aromatic nitrogens is 2. The lowest BCUT2D eigenvalue weighted by molar-refractivity contribution is 0.00804. The van der Waals surface area contributed by atoms with Crippen molar-refractivity contribution >= 4 is 11.8 Å². The molecule has 2 fully saturated rings. The molecule has 1 aromatic heterocycles. The molecule has 6 heteroatoms. The number of esters is 1. The summed E-state index contributed by atoms with van der Waals surface area (Å²) in [5, 5.41) is 4.87. The third-order valence-corrected chi connectivity index (χ3v) is 7.34. The van der Waals surface area contributed by atoms with Gasteiger partial charge in [0.1, 0.15) is 0 Å². The van der Waals surface area contributed by atoms with Crippen molar-refractivity contribution in [3.05, 3.63) is 52.8 Å². The highest BCUT2D eigenvalue weighted by molar-refractivity contribution is 6.00. The van der Waals surface area contributed by atoms with E-state index >= 15 is 0 Å². The van der Waals surface area contributed by atoms with Crippen molar-refractivity contribution in [3.8, 4) is 0 Å². The Morgan fingerprint density at radius 1 is 1.13 bits per heavy atom. The Morgan fingerprint density at radius 2 is 1.87 bits per heavy atom. The average Bonchev–Trinajstić information content (AvgIpc) is 3.47. The molecule has 1 saturated heterocycles. The Hall–Kier alpha value is -2.47. The third-order valence-electron chi connectivity index (χ3n) is 7.34. The molecule has 31 heavy (non-hydrogen) atoms. The minimum Gasteiger partial charge on any atom is -0.461 e. The first-order valence-corrected chi connectivity index (χ1v) is 11.4. The van der Waals surface area contributed by atoms with E-state index in [-0.39, 0.29) is 22.6 Å². The van der Waals surface area contributed by atoms with E-state index in [1.807, 2.05) is 18.2 Å². The molecule has 3 aliphatic rings. The molecule has 0 atom stereocenters. The summed E-state index contributed by atoms with van der Waals surface area (Å²) in [6.07, 6.45) is 6.16. The van der Waals surface area contributed by atoms with Gasteiger partial charge in [0.2, 0.25) is 0 Å². The van der Waals surface area contributed by atoms with Crippen LogP contribution in [0.2, 0.25) is 0 Å². The Morgan fingerprint density at radius 3 is 2.55 bits per heavy atom. The number of carbonyl (C=O) groups is 2. The molecular weight excluding hydrogens is 392 g/mol. The zero-order chi connectivity index (χ0) is 21.5. The maximum absolute atomic E-state index is 13.1. The number of Topliss-reactive ketones (excluding diaryl/α,β-unsaturated/α-hetero) is 1. The fourth-order valence-electron chi connectivity index (χ4n) is 5.15. The summed E-state index contributed by atoms with van der Waals surface area (Å²) in [6, 6.07) is 9.12. The molecule has 2 aliphatic carbocycles. The summed E-state index contributed by atoms with van der Waals surface area (Å²) in [6.45, 7) is 4.63. The molecule has 6 nitrogen and oxygen atoms in total. The molecule has 0 N–H and O–H groups in total. The molecule has 2 heterocycles. The predicted molar refractivity (Wildman–Crippen MR) is 115 cm³/mol. The van der Waals surface area contributed by atoms with Crippen molar-refractivity contribution in [2.45, 2.75) is 58.4 Å². The second-order valence-electron chi connectivity index (χ2n) is 9.61. The van der Waals surface area contributed by atoms with Crippen LogP contribution in [0.4, 0.5) is 0 Å². The van der Waals surface area contributed by atoms with Crippen molar-refractivity contribution < 1.29 is 19.1 Å². The van der Waals surface area contributed by atoms with Gasteiger partial charge >= 0.3 is 5.97 Å². The highest BCUT2D eigenvalue weighted by Gasteiger charge is 2.47. The standard InChI is InChI=1S/C25H30N2O4/c1-2-19-22-20(14-24(15-21(22)28)10-12-30-13-11-24)27(26-19)16-25(8-9-25)17-31-23(29)18-6-4-3-5-7-18/h3-7H,2,8-17H2,1H3. The number of fused-ring (bicyclic) bond motifs is 1. The lowest BCUT2D eigenvalue weighted by Crippen LogP contribution is -2.38. The van der Waals surface area contributed by atoms with Gasteiger partial charge in [0.25, 0.3) is 0 Å². The minimum atomic E-state index is -0.278. The summed E-state index contributed by atoms with van der Waals surface area (Å²) in [4.78, 5) is 25.5. The molecule has 2 aromatic rings. The predicted octanol–water partition coefficient (Wildman–Crippen LogP) is 4.01. The van der Waals surface area contributed by atoms with Crippen LogP contribution in [0, 0.1) is 10.8 Å². The number of benzene rings is 1. The number of ether oxygens (including phenoxy) is 2. The van der Waals surface area contributed by atoms with Crippen molar-refractivity contribution in [1.29, 1.82) is 0 Å². The minimum absolute atomic E-state index is 0.0155. The van der Waals surface area contributed by atoms with Gasteiger partial charge < -0.3 is 9.47 Å². The molecule has 5 rings (SSSR count). The average molecular weight is 423 g/mol. The van der Waals surface area contributed by atoms with Crippen LogP contribution in [0.1, 0.15) is 71.1 Å². The zero-order valence-corrected chi connectivity index (χ0v) is 18.2. The maximum atomic E-state index is 13.1. The molecule has 0 amide bonds. The molecule has 1 spiro atoms. The van der Waals surface area contributed by atoms with Crippen LogP contribution >= 0.6 is 0 Å². The van der Waals surface area contributed by atoms with Crippen LogP contribution in [-0.2, 0) is 28.9 Å². The monoisotopic (exact) mass is 422 g/mol. The van der Waals surface area contributed by atoms with Gasteiger partial charge in [-0.1, -0.05) is 25.1 Å². The molecule has 0 unspecified atom stereocenters. The van der Waals surface area contributed by atoms with Crippen LogP contribution in [0.3, 0.4) is 0 Å². The Bertz CT molecular complexity index is 984. The fraction of sp³-hybridized carbons (Fsp3) is 0.560. The summed E-state index contributed by atoms with van der Waals surface area (Å²) < 4.78 is 13.3. The van der Waals surface area contributed by atoms with Gasteiger partial charge in [0, 0.05) is 25.0 Å². The fourth-order valence-corrected chi connectivity index (χ4v) is 5.15. The first-order valence-electron chi connectivity index (χ1n) is 11.4. The van der Waals surface area contributed by atoms with E-state index < -0.39 is 0 Å². The lowest BCUT2D eigenvalue weighted by Gasteiger charge is -2.39. The number of aryl methyl sites for hydroxylation is 1. The van der Waals surface area contributed by atoms with Crippen LogP contribution in [-0.4, -0.2) is 41.4 Å². The normalized spacial score (nSPS) is 21.0. The van der Waals surface area contributed by atoms with Crippen molar-refractivity contribution in [2.24, 2.45) is 10.8 Å². The molecule has 0 radical (unpaired) electrons. The van der Waals surface area contributed by atoms with E-state index in [1.54, 1.807) is 12.1 Å². The Labute approximate surface area is 182 Å². The zero-order valence-electron chi connectivity index (χ0n) is 18.2. The van der Waals surface area contributed by atoms with Gasteiger partial charge in [-0.2, -0.15) is 5.10 Å². The number of ketones is 1. The van der Waals surface area contributed by atoms with E-state index in [1.165, 1.54) is 0 Å². The quantitative estimate of drug-likeness (QED) is 0.658. The van der Waals surface area contributed by atoms with E-state index in [0.29, 0.717) is 25.1 Å². The van der Waals surface area contributed by atoms with Crippen molar-refractivity contribution in [1.82, 2.24) is 9.78 Å². The SMILES string of the molecule is CCc1nn(CC2(COC(=O)c3ccccc3)CC2)c2c1C(=O)CC1(CCOCC1)C2. The van der Waals surface area contributed by atoms with E-state index in [0.717, 1.165) is 68.7 Å². The summed E-state index contributed by atoms with van der Waals surface area (Å²) in [7, 11) is 0. The highest BCUT2D eigenvalue weighted by atomic mass is 16.5. The van der Waals surface area contributed by atoms with Crippen LogP contribution in [0.5, 0.6) is 0 Å². The van der Waals surface area contributed by atoms with E-state index in [4.69, 9.17) is 14.6 Å². The van der Waals surface area contributed by atoms with Crippen LogP contribution < -0.4 is 0 Å². The number of carbonyl (C=O) groups excluding carboxylic acids is 2. The summed E-state index contributed by atoms with van der Waals surface area (Å²) in [5.41, 5.74) is 3.39. The van der Waals surface area contributed by atoms with E-state index in [2.05, 4.69) is 11.6 Å². The largest absolute Gasteiger partial charge is 0.461 e. The molecule has 1 aromatic carbocycles. The van der Waals surface area contributed by atoms with Gasteiger partial charge in [0.05, 0.1) is 35.7 Å². The lowest BCUT2D eigenvalue weighted by atomic mass is 9.68. The van der Waals surface area contributed by atoms with Crippen molar-refractivity contribution in [3.63, 3.8) is 0 Å². The van der Waals surface area contributed by atoms with Gasteiger partial charge in [-0.3, -0.25) is 9.48 Å². The number of hydrogen-bond acceptors (Lipinski definition) is 5. The molecule has 164 valence electrons. The van der Waals surface area contributed by atoms with Crippen LogP contribution in [0.25, 0.3) is 0 Å².